The Bertz CT molecular complexity index is 526. The molecule has 1 heterocycles. The van der Waals surface area contributed by atoms with E-state index in [2.05, 4.69) is 32.7 Å². The fourth-order valence-electron chi connectivity index (χ4n) is 1.48. The summed E-state index contributed by atoms with van der Waals surface area (Å²) in [4.78, 5) is 9.38. The van der Waals surface area contributed by atoms with E-state index in [1.54, 1.807) is 24.9 Å². The highest BCUT2D eigenvalue weighted by Crippen LogP contribution is 2.21. The van der Waals surface area contributed by atoms with E-state index < -0.39 is 0 Å². The number of nitrogens with one attached hydrogen (secondary N) is 2. The van der Waals surface area contributed by atoms with Crippen molar-refractivity contribution in [3.05, 3.63) is 30.3 Å². The number of rotatable bonds is 4. The second-order valence-corrected chi connectivity index (χ2v) is 4.48. The molecule has 0 saturated heterocycles. The lowest BCUT2D eigenvalue weighted by molar-refractivity contribution is 1.17. The van der Waals surface area contributed by atoms with Crippen molar-refractivity contribution in [2.45, 2.75) is 4.90 Å². The van der Waals surface area contributed by atoms with Crippen LogP contribution in [0, 0.1) is 0 Å². The minimum atomic E-state index is 0.241. The highest BCUT2D eigenvalue weighted by atomic mass is 32.2. The number of hydrogen-bond donors (Lipinski definition) is 3. The molecule has 1 aromatic heterocycles. The third-order valence-corrected chi connectivity index (χ3v) is 3.11. The minimum Gasteiger partial charge on any atom is -0.373 e. The first-order valence-corrected chi connectivity index (χ1v) is 6.67. The van der Waals surface area contributed by atoms with E-state index in [0.29, 0.717) is 11.6 Å². The number of nitrogen functional groups attached to an aromatic ring is 1. The van der Waals surface area contributed by atoms with E-state index in [9.17, 15) is 0 Å². The molecular formula is C12H15N5S. The predicted molar refractivity (Wildman–Crippen MR) is 77.5 cm³/mol. The van der Waals surface area contributed by atoms with Crippen LogP contribution < -0.4 is 16.4 Å². The summed E-state index contributed by atoms with van der Waals surface area (Å²) in [6, 6.07) is 9.91. The molecule has 0 aliphatic heterocycles. The Morgan fingerprint density at radius 3 is 2.39 bits per heavy atom. The lowest BCUT2D eigenvalue weighted by Gasteiger charge is -2.08. The molecule has 2 aromatic rings. The summed E-state index contributed by atoms with van der Waals surface area (Å²) < 4.78 is 0. The van der Waals surface area contributed by atoms with Crippen molar-refractivity contribution >= 4 is 35.0 Å². The Balaban J connectivity index is 2.19. The Kier molecular flexibility index (Phi) is 3.88. The fraction of sp³-hybridized carbons (Fsp3) is 0.167. The zero-order chi connectivity index (χ0) is 13.0. The molecule has 6 heteroatoms. The van der Waals surface area contributed by atoms with Crippen molar-refractivity contribution in [3.63, 3.8) is 0 Å². The molecule has 0 atom stereocenters. The van der Waals surface area contributed by atoms with Crippen LogP contribution in [0.25, 0.3) is 0 Å². The number of benzene rings is 1. The molecule has 0 fully saturated rings. The highest BCUT2D eigenvalue weighted by molar-refractivity contribution is 7.98. The van der Waals surface area contributed by atoms with Gasteiger partial charge in [0.25, 0.3) is 0 Å². The largest absolute Gasteiger partial charge is 0.373 e. The number of hydrogen-bond acceptors (Lipinski definition) is 6. The molecule has 4 N–H and O–H groups in total. The van der Waals surface area contributed by atoms with Gasteiger partial charge in [-0.25, -0.2) is 0 Å². The summed E-state index contributed by atoms with van der Waals surface area (Å²) in [5.74, 6) is 1.60. The SMILES string of the molecule is CNc1cc(Nc2ccc(SC)cc2)nc(N)n1. The lowest BCUT2D eigenvalue weighted by Crippen LogP contribution is -2.03. The average Bonchev–Trinajstić information content (AvgIpc) is 2.39. The number of aromatic nitrogens is 2. The second-order valence-electron chi connectivity index (χ2n) is 3.60. The van der Waals surface area contributed by atoms with Crippen molar-refractivity contribution in [2.75, 3.05) is 29.7 Å². The van der Waals surface area contributed by atoms with Crippen molar-refractivity contribution in [2.24, 2.45) is 0 Å². The van der Waals surface area contributed by atoms with E-state index in [1.165, 1.54) is 4.90 Å². The van der Waals surface area contributed by atoms with Crippen LogP contribution in [0.2, 0.25) is 0 Å². The van der Waals surface area contributed by atoms with Gasteiger partial charge < -0.3 is 16.4 Å². The van der Waals surface area contributed by atoms with Gasteiger partial charge in [-0.2, -0.15) is 9.97 Å². The van der Waals surface area contributed by atoms with Crippen LogP contribution in [0.5, 0.6) is 0 Å². The number of nitrogens with two attached hydrogens (primary N) is 1. The molecule has 0 aliphatic rings. The van der Waals surface area contributed by atoms with Crippen LogP contribution in [-0.4, -0.2) is 23.3 Å². The second kappa shape index (κ2) is 5.59. The number of thioether (sulfide) groups is 1. The van der Waals surface area contributed by atoms with Crippen LogP contribution in [0.3, 0.4) is 0 Å². The van der Waals surface area contributed by atoms with E-state index in [-0.39, 0.29) is 5.95 Å². The summed E-state index contributed by atoms with van der Waals surface area (Å²) in [5.41, 5.74) is 6.59. The summed E-state index contributed by atoms with van der Waals surface area (Å²) >= 11 is 1.71. The van der Waals surface area contributed by atoms with Crippen LogP contribution in [0.1, 0.15) is 0 Å². The third kappa shape index (κ3) is 3.04. The highest BCUT2D eigenvalue weighted by Gasteiger charge is 2.01. The Morgan fingerprint density at radius 2 is 1.78 bits per heavy atom. The first kappa shape index (κ1) is 12.5. The van der Waals surface area contributed by atoms with Crippen molar-refractivity contribution in [1.29, 1.82) is 0 Å². The maximum absolute atomic E-state index is 5.63. The molecule has 5 nitrogen and oxygen atoms in total. The third-order valence-electron chi connectivity index (χ3n) is 2.36. The van der Waals surface area contributed by atoms with Gasteiger partial charge >= 0.3 is 0 Å². The predicted octanol–water partition coefficient (Wildman–Crippen LogP) is 2.57. The number of nitrogens with zero attached hydrogens (tertiary/aromatic N) is 2. The van der Waals surface area contributed by atoms with Crippen molar-refractivity contribution in [3.8, 4) is 0 Å². The van der Waals surface area contributed by atoms with Gasteiger partial charge in [-0.3, -0.25) is 0 Å². The van der Waals surface area contributed by atoms with E-state index >= 15 is 0 Å². The average molecular weight is 261 g/mol. The molecule has 2 rings (SSSR count). The van der Waals surface area contributed by atoms with E-state index in [4.69, 9.17) is 5.73 Å². The zero-order valence-corrected chi connectivity index (χ0v) is 11.1. The van der Waals surface area contributed by atoms with Gasteiger partial charge in [0.2, 0.25) is 5.95 Å². The Morgan fingerprint density at radius 1 is 1.11 bits per heavy atom. The maximum atomic E-state index is 5.63. The topological polar surface area (TPSA) is 75.9 Å². The first-order chi connectivity index (χ1) is 8.71. The molecule has 18 heavy (non-hydrogen) atoms. The maximum Gasteiger partial charge on any atom is 0.223 e. The quantitative estimate of drug-likeness (QED) is 0.734. The Hall–Kier alpha value is -1.95. The summed E-state index contributed by atoms with van der Waals surface area (Å²) in [6.45, 7) is 0. The van der Waals surface area contributed by atoms with E-state index in [1.807, 2.05) is 18.4 Å². The van der Waals surface area contributed by atoms with Gasteiger partial charge in [-0.05, 0) is 30.5 Å². The molecule has 0 saturated carbocycles. The summed E-state index contributed by atoms with van der Waals surface area (Å²) in [5, 5.41) is 6.13. The minimum absolute atomic E-state index is 0.241. The standard InChI is InChI=1S/C12H15N5S/c1-14-10-7-11(17-12(13)16-10)15-8-3-5-9(18-2)6-4-8/h3-7H,1-2H3,(H4,13,14,15,16,17). The molecule has 0 aliphatic carbocycles. The van der Waals surface area contributed by atoms with Gasteiger partial charge in [0, 0.05) is 23.7 Å². The first-order valence-electron chi connectivity index (χ1n) is 5.44. The summed E-state index contributed by atoms with van der Waals surface area (Å²) in [6.07, 6.45) is 2.05. The molecule has 0 amide bonds. The van der Waals surface area contributed by atoms with Crippen LogP contribution >= 0.6 is 11.8 Å². The molecular weight excluding hydrogens is 246 g/mol. The van der Waals surface area contributed by atoms with Gasteiger partial charge in [0.05, 0.1) is 0 Å². The molecule has 0 bridgehead atoms. The molecule has 0 unspecified atom stereocenters. The van der Waals surface area contributed by atoms with Gasteiger partial charge in [0.1, 0.15) is 11.6 Å². The smallest absolute Gasteiger partial charge is 0.223 e. The van der Waals surface area contributed by atoms with Crippen LogP contribution in [0.15, 0.2) is 35.2 Å². The normalized spacial score (nSPS) is 10.1. The monoisotopic (exact) mass is 261 g/mol. The van der Waals surface area contributed by atoms with Crippen LogP contribution in [-0.2, 0) is 0 Å². The zero-order valence-electron chi connectivity index (χ0n) is 10.3. The molecule has 94 valence electrons. The molecule has 1 aromatic carbocycles. The van der Waals surface area contributed by atoms with Crippen LogP contribution in [0.4, 0.5) is 23.3 Å². The van der Waals surface area contributed by atoms with Gasteiger partial charge in [-0.1, -0.05) is 0 Å². The summed E-state index contributed by atoms with van der Waals surface area (Å²) in [7, 11) is 1.79. The molecule has 0 spiro atoms. The Labute approximate surface area is 110 Å². The van der Waals surface area contributed by atoms with Crippen molar-refractivity contribution in [1.82, 2.24) is 9.97 Å². The van der Waals surface area contributed by atoms with E-state index in [0.717, 1.165) is 5.69 Å². The molecule has 0 radical (unpaired) electrons. The lowest BCUT2D eigenvalue weighted by atomic mass is 10.3. The number of anilines is 4. The fourth-order valence-corrected chi connectivity index (χ4v) is 1.89. The van der Waals surface area contributed by atoms with Gasteiger partial charge in [0.15, 0.2) is 0 Å². The van der Waals surface area contributed by atoms with Gasteiger partial charge in [-0.15, -0.1) is 11.8 Å². The van der Waals surface area contributed by atoms with Crippen molar-refractivity contribution < 1.29 is 0 Å².